The van der Waals surface area contributed by atoms with Gasteiger partial charge in [-0.25, -0.2) is 14.8 Å². The van der Waals surface area contributed by atoms with Crippen molar-refractivity contribution < 1.29 is 9.53 Å². The van der Waals surface area contributed by atoms with E-state index in [-0.39, 0.29) is 18.2 Å². The second kappa shape index (κ2) is 7.43. The number of hydrogen-bond donors (Lipinski definition) is 3. The maximum absolute atomic E-state index is 12.2. The number of ether oxygens (including phenoxy) is 1. The van der Waals surface area contributed by atoms with E-state index in [2.05, 4.69) is 36.2 Å². The number of H-pyrrole nitrogens is 1. The summed E-state index contributed by atoms with van der Waals surface area (Å²) in [5.74, 6) is 0. The van der Waals surface area contributed by atoms with E-state index in [0.29, 0.717) is 6.04 Å². The molecule has 8 heteroatoms. The smallest absolute Gasteiger partial charge is 0.407 e. The largest absolute Gasteiger partial charge is 0.446 e. The minimum Gasteiger partial charge on any atom is -0.446 e. The lowest BCUT2D eigenvalue weighted by molar-refractivity contribution is 0.0748. The number of amides is 1. The molecule has 3 aromatic rings. The highest BCUT2D eigenvalue weighted by Gasteiger charge is 2.26. The average Bonchev–Trinajstić information content (AvgIpc) is 3.35. The number of nitrogens with zero attached hydrogens (tertiary/aromatic N) is 3. The van der Waals surface area contributed by atoms with Crippen molar-refractivity contribution in [3.05, 3.63) is 24.8 Å². The third-order valence-corrected chi connectivity index (χ3v) is 6.09. The fraction of sp³-hybridized carbons (Fsp3) is 0.550. The number of carbonyl (C=O) groups is 1. The zero-order valence-electron chi connectivity index (χ0n) is 15.9. The van der Waals surface area contributed by atoms with E-state index >= 15 is 0 Å². The Kier molecular flexibility index (Phi) is 4.64. The Labute approximate surface area is 163 Å². The van der Waals surface area contributed by atoms with Gasteiger partial charge in [-0.1, -0.05) is 0 Å². The zero-order chi connectivity index (χ0) is 18.9. The van der Waals surface area contributed by atoms with Gasteiger partial charge in [-0.2, -0.15) is 0 Å². The second-order valence-corrected chi connectivity index (χ2v) is 7.89. The van der Waals surface area contributed by atoms with Crippen molar-refractivity contribution in [2.75, 3.05) is 13.1 Å². The van der Waals surface area contributed by atoms with E-state index in [9.17, 15) is 4.79 Å². The highest BCUT2D eigenvalue weighted by Crippen LogP contribution is 2.33. The first-order valence-corrected chi connectivity index (χ1v) is 10.2. The summed E-state index contributed by atoms with van der Waals surface area (Å²) in [5, 5.41) is 7.47. The van der Waals surface area contributed by atoms with Crippen LogP contribution in [-0.2, 0) is 4.74 Å². The van der Waals surface area contributed by atoms with Crippen LogP contribution in [0.5, 0.6) is 0 Å². The zero-order valence-corrected chi connectivity index (χ0v) is 15.9. The first kappa shape index (κ1) is 17.5. The predicted octanol–water partition coefficient (Wildman–Crippen LogP) is 2.87. The lowest BCUT2D eigenvalue weighted by Gasteiger charge is -2.31. The van der Waals surface area contributed by atoms with E-state index in [0.717, 1.165) is 73.7 Å². The van der Waals surface area contributed by atoms with Gasteiger partial charge < -0.3 is 24.9 Å². The molecular formula is C20H26N6O2. The van der Waals surface area contributed by atoms with Crippen molar-refractivity contribution in [3.63, 3.8) is 0 Å². The lowest BCUT2D eigenvalue weighted by atomic mass is 9.91. The van der Waals surface area contributed by atoms with Gasteiger partial charge in [-0.3, -0.25) is 0 Å². The Bertz CT molecular complexity index is 966. The predicted molar refractivity (Wildman–Crippen MR) is 106 cm³/mol. The number of rotatable bonds is 3. The highest BCUT2D eigenvalue weighted by atomic mass is 16.6. The molecule has 4 heterocycles. The number of alkyl carbamates (subject to hydrolysis) is 1. The number of pyridine rings is 1. The van der Waals surface area contributed by atoms with Gasteiger partial charge in [-0.05, 0) is 57.7 Å². The summed E-state index contributed by atoms with van der Waals surface area (Å²) in [5.41, 5.74) is 2.97. The average molecular weight is 382 g/mol. The van der Waals surface area contributed by atoms with Gasteiger partial charge in [0.05, 0.1) is 18.0 Å². The molecule has 1 amide bonds. The summed E-state index contributed by atoms with van der Waals surface area (Å²) < 4.78 is 7.86. The number of carbonyl (C=O) groups excluding carboxylic acids is 1. The van der Waals surface area contributed by atoms with Crippen LogP contribution in [0, 0.1) is 0 Å². The standard InChI is InChI=1S/C20H26N6O2/c27-20(28-15-5-8-21-9-6-15)25-13-1-3-14(4-2-13)26-12-24-17-11-23-19-16(18(17)26)7-10-22-19/h7,10-15,21H,1-6,8-9H2,(H,22,23)(H,25,27). The van der Waals surface area contributed by atoms with Crippen LogP contribution < -0.4 is 10.6 Å². The van der Waals surface area contributed by atoms with Crippen molar-refractivity contribution >= 4 is 28.2 Å². The van der Waals surface area contributed by atoms with Crippen molar-refractivity contribution in [3.8, 4) is 0 Å². The molecule has 1 saturated heterocycles. The number of fused-ring (bicyclic) bond motifs is 3. The molecule has 1 saturated carbocycles. The molecule has 3 aromatic heterocycles. The number of hydrogen-bond acceptors (Lipinski definition) is 5. The summed E-state index contributed by atoms with van der Waals surface area (Å²) in [4.78, 5) is 24.3. The number of piperidine rings is 1. The van der Waals surface area contributed by atoms with Crippen molar-refractivity contribution in [2.24, 2.45) is 0 Å². The van der Waals surface area contributed by atoms with Gasteiger partial charge in [0.2, 0.25) is 0 Å². The van der Waals surface area contributed by atoms with Crippen molar-refractivity contribution in [2.45, 2.75) is 56.7 Å². The molecule has 1 aliphatic carbocycles. The summed E-state index contributed by atoms with van der Waals surface area (Å²) >= 11 is 0. The van der Waals surface area contributed by atoms with Gasteiger partial charge in [0.15, 0.2) is 0 Å². The maximum Gasteiger partial charge on any atom is 0.407 e. The van der Waals surface area contributed by atoms with Crippen LogP contribution in [0.4, 0.5) is 4.79 Å². The van der Waals surface area contributed by atoms with Gasteiger partial charge in [0.25, 0.3) is 0 Å². The molecule has 5 rings (SSSR count). The Morgan fingerprint density at radius 3 is 2.79 bits per heavy atom. The molecule has 2 aliphatic rings. The van der Waals surface area contributed by atoms with Gasteiger partial charge in [-0.15, -0.1) is 0 Å². The molecule has 2 fully saturated rings. The van der Waals surface area contributed by atoms with E-state index in [1.807, 2.05) is 18.7 Å². The summed E-state index contributed by atoms with van der Waals surface area (Å²) in [6.07, 6.45) is 11.2. The minimum absolute atomic E-state index is 0.0484. The second-order valence-electron chi connectivity index (χ2n) is 7.89. The fourth-order valence-electron chi connectivity index (χ4n) is 4.57. The Balaban J connectivity index is 1.22. The summed E-state index contributed by atoms with van der Waals surface area (Å²) in [6.45, 7) is 1.84. The van der Waals surface area contributed by atoms with Crippen LogP contribution in [0.3, 0.4) is 0 Å². The first-order valence-electron chi connectivity index (χ1n) is 10.2. The fourth-order valence-corrected chi connectivity index (χ4v) is 4.57. The molecule has 1 aliphatic heterocycles. The normalized spacial score (nSPS) is 23.9. The van der Waals surface area contributed by atoms with Crippen LogP contribution in [0.25, 0.3) is 22.1 Å². The molecule has 0 atom stereocenters. The first-order chi connectivity index (χ1) is 13.8. The Morgan fingerprint density at radius 1 is 1.14 bits per heavy atom. The molecule has 0 radical (unpaired) electrons. The molecule has 148 valence electrons. The highest BCUT2D eigenvalue weighted by molar-refractivity contribution is 6.00. The van der Waals surface area contributed by atoms with Crippen LogP contribution >= 0.6 is 0 Å². The molecule has 3 N–H and O–H groups in total. The molecule has 8 nitrogen and oxygen atoms in total. The van der Waals surface area contributed by atoms with E-state index in [4.69, 9.17) is 4.74 Å². The SMILES string of the molecule is O=C(NC1CCC(n2cnc3cnc4[nH]ccc4c32)CC1)OC1CCNCC1. The minimum atomic E-state index is -0.261. The van der Waals surface area contributed by atoms with E-state index in [1.165, 1.54) is 0 Å². The number of nitrogens with one attached hydrogen (secondary N) is 3. The van der Waals surface area contributed by atoms with Crippen LogP contribution in [0.2, 0.25) is 0 Å². The van der Waals surface area contributed by atoms with Gasteiger partial charge >= 0.3 is 6.09 Å². The topological polar surface area (TPSA) is 96.9 Å². The summed E-state index contributed by atoms with van der Waals surface area (Å²) in [7, 11) is 0. The van der Waals surface area contributed by atoms with Gasteiger partial charge in [0, 0.05) is 23.7 Å². The summed E-state index contributed by atoms with van der Waals surface area (Å²) in [6, 6.07) is 2.64. The number of aromatic nitrogens is 4. The van der Waals surface area contributed by atoms with E-state index in [1.54, 1.807) is 0 Å². The monoisotopic (exact) mass is 382 g/mol. The lowest BCUT2D eigenvalue weighted by Crippen LogP contribution is -2.41. The Morgan fingerprint density at radius 2 is 1.96 bits per heavy atom. The van der Waals surface area contributed by atoms with Crippen LogP contribution in [0.15, 0.2) is 24.8 Å². The molecule has 0 bridgehead atoms. The molecule has 0 unspecified atom stereocenters. The van der Waals surface area contributed by atoms with Crippen LogP contribution in [-0.4, -0.2) is 50.8 Å². The van der Waals surface area contributed by atoms with Crippen LogP contribution in [0.1, 0.15) is 44.6 Å². The molecule has 28 heavy (non-hydrogen) atoms. The quantitative estimate of drug-likeness (QED) is 0.647. The molecule has 0 spiro atoms. The third-order valence-electron chi connectivity index (χ3n) is 6.09. The van der Waals surface area contributed by atoms with E-state index < -0.39 is 0 Å². The van der Waals surface area contributed by atoms with Crippen molar-refractivity contribution in [1.82, 2.24) is 30.2 Å². The third kappa shape index (κ3) is 3.32. The van der Waals surface area contributed by atoms with Gasteiger partial charge in [0.1, 0.15) is 17.3 Å². The Hall–Kier alpha value is -2.61. The number of aromatic amines is 1. The van der Waals surface area contributed by atoms with Crippen molar-refractivity contribution in [1.29, 1.82) is 0 Å². The maximum atomic E-state index is 12.2. The molecular weight excluding hydrogens is 356 g/mol. The molecule has 0 aromatic carbocycles. The number of imidazole rings is 1.